The summed E-state index contributed by atoms with van der Waals surface area (Å²) in [6.07, 6.45) is 1.76. The predicted molar refractivity (Wildman–Crippen MR) is 83.6 cm³/mol. The second-order valence-electron chi connectivity index (χ2n) is 5.46. The lowest BCUT2D eigenvalue weighted by Gasteiger charge is -2.32. The quantitative estimate of drug-likeness (QED) is 0.824. The number of nitrogen functional groups attached to an aromatic ring is 1. The fourth-order valence-electron chi connectivity index (χ4n) is 2.01. The molecule has 2 aromatic rings. The Morgan fingerprint density at radius 1 is 1.25 bits per heavy atom. The maximum Gasteiger partial charge on any atom is 0.146 e. The molecule has 0 unspecified atom stereocenters. The van der Waals surface area contributed by atoms with E-state index in [4.69, 9.17) is 10.5 Å². The van der Waals surface area contributed by atoms with Crippen molar-refractivity contribution in [3.8, 4) is 11.5 Å². The minimum atomic E-state index is 0.0461. The Morgan fingerprint density at radius 3 is 2.75 bits per heavy atom. The summed E-state index contributed by atoms with van der Waals surface area (Å²) in [4.78, 5) is 5.46. The van der Waals surface area contributed by atoms with E-state index in [0.717, 1.165) is 33.7 Å². The molecule has 0 radical (unpaired) electrons. The van der Waals surface area contributed by atoms with Crippen LogP contribution in [0.3, 0.4) is 0 Å². The van der Waals surface area contributed by atoms with E-state index in [9.17, 15) is 0 Å². The Morgan fingerprint density at radius 2 is 2.00 bits per heavy atom. The van der Waals surface area contributed by atoms with Crippen LogP contribution >= 0.6 is 11.8 Å². The molecular formula is C15H17N3OS. The monoisotopic (exact) mass is 287 g/mol. The molecule has 0 saturated heterocycles. The summed E-state index contributed by atoms with van der Waals surface area (Å²) in [5.74, 6) is 3.47. The first-order chi connectivity index (χ1) is 9.53. The number of nitrogens with one attached hydrogen (secondary N) is 1. The molecule has 0 aliphatic carbocycles. The normalized spacial score (nSPS) is 16.1. The molecule has 1 aliphatic heterocycles. The molecule has 2 heterocycles. The predicted octanol–water partition coefficient (Wildman–Crippen LogP) is 3.75. The summed E-state index contributed by atoms with van der Waals surface area (Å²) in [6.45, 7) is 4.33. The van der Waals surface area contributed by atoms with Crippen molar-refractivity contribution in [2.75, 3.05) is 16.8 Å². The van der Waals surface area contributed by atoms with Crippen molar-refractivity contribution in [2.24, 2.45) is 0 Å². The molecule has 3 N–H and O–H groups in total. The number of thioether (sulfide) groups is 1. The maximum atomic E-state index is 5.94. The molecule has 0 fully saturated rings. The number of ether oxygens (including phenoxy) is 1. The number of pyridine rings is 1. The molecule has 5 heteroatoms. The van der Waals surface area contributed by atoms with Gasteiger partial charge in [0.25, 0.3) is 0 Å². The topological polar surface area (TPSA) is 60.2 Å². The number of aromatic nitrogens is 1. The molecule has 4 nitrogen and oxygen atoms in total. The van der Waals surface area contributed by atoms with Gasteiger partial charge in [-0.25, -0.2) is 4.98 Å². The summed E-state index contributed by atoms with van der Waals surface area (Å²) in [5, 5.41) is 3.44. The van der Waals surface area contributed by atoms with Crippen LogP contribution in [0.2, 0.25) is 0 Å². The summed E-state index contributed by atoms with van der Waals surface area (Å²) >= 11 is 1.77. The van der Waals surface area contributed by atoms with Gasteiger partial charge in [0.2, 0.25) is 0 Å². The van der Waals surface area contributed by atoms with E-state index in [1.807, 2.05) is 30.3 Å². The molecule has 104 valence electrons. The molecule has 1 aromatic carbocycles. The van der Waals surface area contributed by atoms with E-state index >= 15 is 0 Å². The summed E-state index contributed by atoms with van der Waals surface area (Å²) in [7, 11) is 0. The van der Waals surface area contributed by atoms with Crippen molar-refractivity contribution in [1.29, 1.82) is 0 Å². The number of hydrogen-bond donors (Lipinski definition) is 2. The minimum Gasteiger partial charge on any atom is -0.456 e. The minimum absolute atomic E-state index is 0.0461. The van der Waals surface area contributed by atoms with Crippen LogP contribution < -0.4 is 15.8 Å². The third-order valence-electron chi connectivity index (χ3n) is 3.01. The molecule has 0 atom stereocenters. The second kappa shape index (κ2) is 4.90. The molecule has 3 rings (SSSR count). The van der Waals surface area contributed by atoms with Gasteiger partial charge in [0.05, 0.1) is 4.90 Å². The van der Waals surface area contributed by atoms with E-state index in [0.29, 0.717) is 0 Å². The van der Waals surface area contributed by atoms with Crippen LogP contribution in [0.5, 0.6) is 11.5 Å². The summed E-state index contributed by atoms with van der Waals surface area (Å²) in [5.41, 5.74) is 6.46. The zero-order chi connectivity index (χ0) is 14.2. The van der Waals surface area contributed by atoms with Gasteiger partial charge in [-0.2, -0.15) is 0 Å². The van der Waals surface area contributed by atoms with E-state index in [2.05, 4.69) is 24.1 Å². The van der Waals surface area contributed by atoms with Crippen molar-refractivity contribution in [2.45, 2.75) is 24.3 Å². The van der Waals surface area contributed by atoms with E-state index < -0.39 is 0 Å². The maximum absolute atomic E-state index is 5.94. The van der Waals surface area contributed by atoms with Crippen LogP contribution in [0, 0.1) is 0 Å². The van der Waals surface area contributed by atoms with Crippen LogP contribution in [0.15, 0.2) is 41.4 Å². The van der Waals surface area contributed by atoms with Gasteiger partial charge in [0, 0.05) is 29.2 Å². The van der Waals surface area contributed by atoms with Crippen LogP contribution in [-0.2, 0) is 0 Å². The first-order valence-corrected chi connectivity index (χ1v) is 7.45. The first-order valence-electron chi connectivity index (χ1n) is 6.47. The van der Waals surface area contributed by atoms with Gasteiger partial charge in [-0.3, -0.25) is 0 Å². The molecule has 1 aromatic heterocycles. The lowest BCUT2D eigenvalue weighted by atomic mass is 10.1. The summed E-state index contributed by atoms with van der Waals surface area (Å²) < 4.78 is 5.94. The molecule has 1 aliphatic rings. The number of hydrogen-bond acceptors (Lipinski definition) is 5. The highest BCUT2D eigenvalue weighted by Crippen LogP contribution is 2.42. The van der Waals surface area contributed by atoms with Gasteiger partial charge in [-0.1, -0.05) is 0 Å². The molecule has 0 bridgehead atoms. The lowest BCUT2D eigenvalue weighted by Crippen LogP contribution is -2.36. The average molecular weight is 287 g/mol. The molecule has 20 heavy (non-hydrogen) atoms. The van der Waals surface area contributed by atoms with Crippen LogP contribution in [0.25, 0.3) is 0 Å². The smallest absolute Gasteiger partial charge is 0.146 e. The van der Waals surface area contributed by atoms with E-state index in [1.165, 1.54) is 0 Å². The largest absolute Gasteiger partial charge is 0.456 e. The number of fused-ring (bicyclic) bond motifs is 1. The Bertz CT molecular complexity index is 626. The van der Waals surface area contributed by atoms with Gasteiger partial charge >= 0.3 is 0 Å². The molecule has 0 saturated carbocycles. The van der Waals surface area contributed by atoms with Crippen molar-refractivity contribution in [1.82, 2.24) is 4.98 Å². The highest BCUT2D eigenvalue weighted by Gasteiger charge is 2.27. The number of nitrogens with two attached hydrogens (primary N) is 1. The van der Waals surface area contributed by atoms with Crippen LogP contribution in [0.1, 0.15) is 13.8 Å². The van der Waals surface area contributed by atoms with Crippen LogP contribution in [-0.4, -0.2) is 16.3 Å². The van der Waals surface area contributed by atoms with Crippen molar-refractivity contribution in [3.05, 3.63) is 36.5 Å². The van der Waals surface area contributed by atoms with E-state index in [-0.39, 0.29) is 5.54 Å². The van der Waals surface area contributed by atoms with Crippen molar-refractivity contribution < 1.29 is 4.74 Å². The van der Waals surface area contributed by atoms with Crippen molar-refractivity contribution in [3.63, 3.8) is 0 Å². The highest BCUT2D eigenvalue weighted by molar-refractivity contribution is 7.99. The lowest BCUT2D eigenvalue weighted by molar-refractivity contribution is 0.469. The van der Waals surface area contributed by atoms with Gasteiger partial charge in [0.1, 0.15) is 17.3 Å². The van der Waals surface area contributed by atoms with Gasteiger partial charge in [-0.15, -0.1) is 11.8 Å². The zero-order valence-electron chi connectivity index (χ0n) is 11.5. The second-order valence-corrected chi connectivity index (χ2v) is 6.44. The van der Waals surface area contributed by atoms with Crippen molar-refractivity contribution >= 4 is 23.3 Å². The highest BCUT2D eigenvalue weighted by atomic mass is 32.2. The number of benzene rings is 1. The van der Waals surface area contributed by atoms with Gasteiger partial charge in [0.15, 0.2) is 0 Å². The van der Waals surface area contributed by atoms with Gasteiger partial charge in [-0.05, 0) is 38.1 Å². The fourth-order valence-corrected chi connectivity index (χ4v) is 3.08. The third kappa shape index (κ3) is 2.67. The Kier molecular flexibility index (Phi) is 3.22. The standard InChI is InChI=1S/C15H17N3OS/c1-15(2)9-20-13-12(7-8-17-14(13)18-15)19-11-5-3-10(16)4-6-11/h3-8H,9,16H2,1-2H3,(H,17,18). The summed E-state index contributed by atoms with van der Waals surface area (Å²) in [6, 6.07) is 9.29. The number of nitrogens with zero attached hydrogens (tertiary/aromatic N) is 1. The number of rotatable bonds is 2. The first kappa shape index (κ1) is 13.1. The Balaban J connectivity index is 1.90. The molecule has 0 amide bonds. The number of anilines is 2. The SMILES string of the molecule is CC1(C)CSc2c(Oc3ccc(N)cc3)ccnc2N1. The van der Waals surface area contributed by atoms with Crippen LogP contribution in [0.4, 0.5) is 11.5 Å². The Hall–Kier alpha value is -1.88. The fraction of sp³-hybridized carbons (Fsp3) is 0.267. The molecule has 0 spiro atoms. The van der Waals surface area contributed by atoms with Gasteiger partial charge < -0.3 is 15.8 Å². The zero-order valence-corrected chi connectivity index (χ0v) is 12.3. The average Bonchev–Trinajstić information content (AvgIpc) is 2.40. The van der Waals surface area contributed by atoms with E-state index in [1.54, 1.807) is 18.0 Å². The Labute approximate surface area is 122 Å². The molecular weight excluding hydrogens is 270 g/mol. The third-order valence-corrected chi connectivity index (χ3v) is 4.56.